The van der Waals surface area contributed by atoms with Gasteiger partial charge in [-0.25, -0.2) is 4.39 Å². The molecule has 1 atom stereocenters. The molecule has 0 aliphatic rings. The minimum atomic E-state index is -4.68. The second kappa shape index (κ2) is 5.11. The van der Waals surface area contributed by atoms with Crippen LogP contribution in [0, 0.1) is 5.82 Å². The molecular formula is C9H7F4IO. The van der Waals surface area contributed by atoms with Gasteiger partial charge >= 0.3 is 6.36 Å². The van der Waals surface area contributed by atoms with E-state index in [1.807, 2.05) is 0 Å². The zero-order valence-corrected chi connectivity index (χ0v) is 9.55. The van der Waals surface area contributed by atoms with E-state index in [4.69, 9.17) is 0 Å². The van der Waals surface area contributed by atoms with Crippen LogP contribution in [0.1, 0.15) is 11.7 Å². The van der Waals surface area contributed by atoms with Gasteiger partial charge < -0.3 is 0 Å². The van der Waals surface area contributed by atoms with Gasteiger partial charge in [0.25, 0.3) is 0 Å². The monoisotopic (exact) mass is 334 g/mol. The van der Waals surface area contributed by atoms with Crippen LogP contribution in [0.3, 0.4) is 0 Å². The lowest BCUT2D eigenvalue weighted by Gasteiger charge is -2.17. The van der Waals surface area contributed by atoms with Crippen molar-refractivity contribution in [3.05, 3.63) is 35.6 Å². The highest BCUT2D eigenvalue weighted by Gasteiger charge is 2.33. The molecule has 0 heterocycles. The Bertz CT molecular complexity index is 309. The molecule has 6 heteroatoms. The van der Waals surface area contributed by atoms with Crippen LogP contribution < -0.4 is 0 Å². The van der Waals surface area contributed by atoms with Gasteiger partial charge in [0.05, 0.1) is 0 Å². The van der Waals surface area contributed by atoms with Crippen LogP contribution in [0.15, 0.2) is 24.3 Å². The minimum absolute atomic E-state index is 0.142. The molecule has 0 saturated heterocycles. The molecule has 0 aliphatic carbocycles. The van der Waals surface area contributed by atoms with Gasteiger partial charge in [0.1, 0.15) is 11.9 Å². The predicted molar refractivity (Wildman–Crippen MR) is 55.2 cm³/mol. The van der Waals surface area contributed by atoms with E-state index in [1.54, 1.807) is 22.6 Å². The smallest absolute Gasteiger partial charge is 0.283 e. The van der Waals surface area contributed by atoms with Crippen molar-refractivity contribution in [1.29, 1.82) is 0 Å². The number of rotatable bonds is 3. The molecule has 1 rings (SSSR count). The van der Waals surface area contributed by atoms with Crippen molar-refractivity contribution in [2.24, 2.45) is 0 Å². The summed E-state index contributed by atoms with van der Waals surface area (Å²) in [5.41, 5.74) is 0.308. The first-order valence-electron chi connectivity index (χ1n) is 3.98. The zero-order chi connectivity index (χ0) is 11.5. The molecule has 0 N–H and O–H groups in total. The van der Waals surface area contributed by atoms with Gasteiger partial charge in [-0.05, 0) is 17.7 Å². The average Bonchev–Trinajstić information content (AvgIpc) is 2.14. The Morgan fingerprint density at radius 3 is 2.13 bits per heavy atom. The van der Waals surface area contributed by atoms with Crippen LogP contribution >= 0.6 is 22.6 Å². The van der Waals surface area contributed by atoms with Gasteiger partial charge in [-0.3, -0.25) is 4.74 Å². The minimum Gasteiger partial charge on any atom is -0.283 e. The Morgan fingerprint density at radius 1 is 1.20 bits per heavy atom. The number of ether oxygens (including phenoxy) is 1. The summed E-state index contributed by atoms with van der Waals surface area (Å²) in [6.07, 6.45) is -5.77. The fourth-order valence-electron chi connectivity index (χ4n) is 1.03. The highest BCUT2D eigenvalue weighted by atomic mass is 127. The number of alkyl halides is 4. The molecule has 0 aliphatic heterocycles. The van der Waals surface area contributed by atoms with Gasteiger partial charge in [-0.2, -0.15) is 0 Å². The molecule has 0 radical (unpaired) electrons. The number of halogens is 5. The highest BCUT2D eigenvalue weighted by molar-refractivity contribution is 14.1. The summed E-state index contributed by atoms with van der Waals surface area (Å²) in [5.74, 6) is -0.488. The summed E-state index contributed by atoms with van der Waals surface area (Å²) in [6, 6.07) is 4.78. The van der Waals surface area contributed by atoms with Gasteiger partial charge in [-0.15, -0.1) is 13.2 Å². The van der Waals surface area contributed by atoms with Crippen molar-refractivity contribution < 1.29 is 22.3 Å². The fraction of sp³-hybridized carbons (Fsp3) is 0.333. The van der Waals surface area contributed by atoms with Gasteiger partial charge in [0, 0.05) is 4.43 Å². The summed E-state index contributed by atoms with van der Waals surface area (Å²) in [5, 5.41) is 0. The van der Waals surface area contributed by atoms with E-state index in [1.165, 1.54) is 12.1 Å². The molecule has 0 spiro atoms. The third kappa shape index (κ3) is 4.33. The lowest BCUT2D eigenvalue weighted by Crippen LogP contribution is -2.19. The Morgan fingerprint density at radius 2 is 1.73 bits per heavy atom. The van der Waals surface area contributed by atoms with E-state index in [0.717, 1.165) is 12.1 Å². The highest BCUT2D eigenvalue weighted by Crippen LogP contribution is 2.29. The first-order valence-corrected chi connectivity index (χ1v) is 5.51. The first kappa shape index (κ1) is 12.7. The third-order valence-corrected chi connectivity index (χ3v) is 2.46. The second-order valence-corrected chi connectivity index (χ2v) is 3.64. The van der Waals surface area contributed by atoms with Crippen molar-refractivity contribution in [3.8, 4) is 0 Å². The Hall–Kier alpha value is -0.370. The zero-order valence-electron chi connectivity index (χ0n) is 7.39. The van der Waals surface area contributed by atoms with E-state index in [9.17, 15) is 17.6 Å². The van der Waals surface area contributed by atoms with Crippen LogP contribution in [-0.4, -0.2) is 10.8 Å². The lowest BCUT2D eigenvalue weighted by atomic mass is 10.1. The van der Waals surface area contributed by atoms with Crippen molar-refractivity contribution in [2.45, 2.75) is 12.5 Å². The van der Waals surface area contributed by atoms with Crippen molar-refractivity contribution >= 4 is 22.6 Å². The molecule has 0 amide bonds. The maximum Gasteiger partial charge on any atom is 0.523 e. The Labute approximate surface area is 97.6 Å². The SMILES string of the molecule is Fc1ccc(C(CI)OC(F)(F)F)cc1. The van der Waals surface area contributed by atoms with E-state index in [-0.39, 0.29) is 4.43 Å². The molecule has 0 fully saturated rings. The predicted octanol–water partition coefficient (Wildman–Crippen LogP) is 3.84. The maximum absolute atomic E-state index is 12.5. The second-order valence-electron chi connectivity index (χ2n) is 2.76. The lowest BCUT2D eigenvalue weighted by molar-refractivity contribution is -0.341. The molecule has 1 aromatic carbocycles. The largest absolute Gasteiger partial charge is 0.523 e. The van der Waals surface area contributed by atoms with Crippen molar-refractivity contribution in [1.82, 2.24) is 0 Å². The standard InChI is InChI=1S/C9H7F4IO/c10-7-3-1-6(2-4-7)8(5-14)15-9(11,12)13/h1-4,8H,5H2. The van der Waals surface area contributed by atoms with E-state index < -0.39 is 18.3 Å². The fourth-order valence-corrected chi connectivity index (χ4v) is 1.72. The van der Waals surface area contributed by atoms with Crippen LogP contribution in [-0.2, 0) is 4.74 Å². The summed E-state index contributed by atoms with van der Waals surface area (Å²) in [7, 11) is 0. The van der Waals surface area contributed by atoms with E-state index >= 15 is 0 Å². The van der Waals surface area contributed by atoms with Crippen LogP contribution in [0.4, 0.5) is 17.6 Å². The maximum atomic E-state index is 12.5. The van der Waals surface area contributed by atoms with Gasteiger partial charge in [0.2, 0.25) is 0 Å². The summed E-state index contributed by atoms with van der Waals surface area (Å²) < 4.78 is 52.4. The van der Waals surface area contributed by atoms with E-state index in [2.05, 4.69) is 4.74 Å². The number of hydrogen-bond donors (Lipinski definition) is 0. The topological polar surface area (TPSA) is 9.23 Å². The van der Waals surface area contributed by atoms with Crippen LogP contribution in [0.2, 0.25) is 0 Å². The van der Waals surface area contributed by atoms with Crippen LogP contribution in [0.25, 0.3) is 0 Å². The molecule has 0 bridgehead atoms. The first-order chi connectivity index (χ1) is 6.92. The quantitative estimate of drug-likeness (QED) is 0.464. The molecule has 15 heavy (non-hydrogen) atoms. The summed E-state index contributed by atoms with van der Waals surface area (Å²) in [6.45, 7) is 0. The van der Waals surface area contributed by atoms with Crippen molar-refractivity contribution in [2.75, 3.05) is 4.43 Å². The van der Waals surface area contributed by atoms with Gasteiger partial charge in [-0.1, -0.05) is 34.7 Å². The normalized spacial score (nSPS) is 13.9. The summed E-state index contributed by atoms with van der Waals surface area (Å²) in [4.78, 5) is 0. The van der Waals surface area contributed by atoms with Gasteiger partial charge in [0.15, 0.2) is 0 Å². The molecule has 0 saturated carbocycles. The Kier molecular flexibility index (Phi) is 4.32. The number of benzene rings is 1. The van der Waals surface area contributed by atoms with Crippen molar-refractivity contribution in [3.63, 3.8) is 0 Å². The Balaban J connectivity index is 2.79. The van der Waals surface area contributed by atoms with E-state index in [0.29, 0.717) is 5.56 Å². The molecule has 1 unspecified atom stereocenters. The average molecular weight is 334 g/mol. The third-order valence-electron chi connectivity index (χ3n) is 1.66. The molecular weight excluding hydrogens is 327 g/mol. The molecule has 1 nitrogen and oxygen atoms in total. The molecule has 0 aromatic heterocycles. The molecule has 1 aromatic rings. The molecule has 84 valence electrons. The van der Waals surface area contributed by atoms with Crippen LogP contribution in [0.5, 0.6) is 0 Å². The summed E-state index contributed by atoms with van der Waals surface area (Å²) >= 11 is 1.78. The number of hydrogen-bond acceptors (Lipinski definition) is 1.